The first-order valence-corrected chi connectivity index (χ1v) is 5.27. The van der Waals surface area contributed by atoms with Gasteiger partial charge in [0.15, 0.2) is 0 Å². The number of hydrogen-bond acceptors (Lipinski definition) is 2. The number of benzene rings is 1. The summed E-state index contributed by atoms with van der Waals surface area (Å²) in [4.78, 5) is 11.6. The van der Waals surface area contributed by atoms with Crippen LogP contribution in [-0.4, -0.2) is 15.7 Å². The fourth-order valence-corrected chi connectivity index (χ4v) is 1.48. The molecule has 1 N–H and O–H groups in total. The summed E-state index contributed by atoms with van der Waals surface area (Å²) in [7, 11) is 1.69. The Balaban J connectivity index is 2.01. The van der Waals surface area contributed by atoms with Gasteiger partial charge in [0, 0.05) is 31.4 Å². The molecule has 1 aromatic carbocycles. The van der Waals surface area contributed by atoms with Crippen LogP contribution in [-0.2, 0) is 13.6 Å². The molecule has 0 radical (unpaired) electrons. The first-order valence-electron chi connectivity index (χ1n) is 5.27. The smallest absolute Gasteiger partial charge is 0.254 e. The van der Waals surface area contributed by atoms with Crippen molar-refractivity contribution in [2.45, 2.75) is 6.54 Å². The molecule has 6 heteroatoms. The van der Waals surface area contributed by atoms with Crippen LogP contribution in [0, 0.1) is 11.6 Å². The highest BCUT2D eigenvalue weighted by Gasteiger charge is 2.09. The number of rotatable bonds is 3. The SMILES string of the molecule is Cn1cc(C(=O)NCc2ccc(F)cc2F)cn1. The Labute approximate surface area is 102 Å². The van der Waals surface area contributed by atoms with E-state index in [9.17, 15) is 13.6 Å². The van der Waals surface area contributed by atoms with Gasteiger partial charge in [0.25, 0.3) is 5.91 Å². The quantitative estimate of drug-likeness (QED) is 0.901. The van der Waals surface area contributed by atoms with Crippen molar-refractivity contribution in [2.75, 3.05) is 0 Å². The van der Waals surface area contributed by atoms with E-state index in [0.717, 1.165) is 12.1 Å². The maximum absolute atomic E-state index is 13.3. The van der Waals surface area contributed by atoms with Crippen molar-refractivity contribution in [3.05, 3.63) is 53.4 Å². The van der Waals surface area contributed by atoms with E-state index in [0.29, 0.717) is 5.56 Å². The molecule has 0 aliphatic rings. The minimum atomic E-state index is -0.679. The van der Waals surface area contributed by atoms with Gasteiger partial charge in [0.2, 0.25) is 0 Å². The lowest BCUT2D eigenvalue weighted by Gasteiger charge is -2.05. The van der Waals surface area contributed by atoms with Crippen LogP contribution in [0.1, 0.15) is 15.9 Å². The first-order chi connectivity index (χ1) is 8.56. The van der Waals surface area contributed by atoms with Crippen LogP contribution in [0.3, 0.4) is 0 Å². The third-order valence-electron chi connectivity index (χ3n) is 2.42. The standard InChI is InChI=1S/C12H11F2N3O/c1-17-7-9(6-16-17)12(18)15-5-8-2-3-10(13)4-11(8)14/h2-4,6-7H,5H2,1H3,(H,15,18). The van der Waals surface area contributed by atoms with Crippen LogP contribution < -0.4 is 5.32 Å². The second-order valence-corrected chi connectivity index (χ2v) is 3.82. The topological polar surface area (TPSA) is 46.9 Å². The van der Waals surface area contributed by atoms with Crippen LogP contribution in [0.15, 0.2) is 30.6 Å². The molecule has 2 aromatic rings. The molecule has 0 unspecified atom stereocenters. The highest BCUT2D eigenvalue weighted by molar-refractivity contribution is 5.93. The monoisotopic (exact) mass is 251 g/mol. The maximum Gasteiger partial charge on any atom is 0.254 e. The van der Waals surface area contributed by atoms with E-state index in [-0.39, 0.29) is 18.0 Å². The molecule has 1 aromatic heterocycles. The molecule has 1 heterocycles. The van der Waals surface area contributed by atoms with Gasteiger partial charge in [-0.05, 0) is 6.07 Å². The van der Waals surface area contributed by atoms with Crippen molar-refractivity contribution in [1.82, 2.24) is 15.1 Å². The second-order valence-electron chi connectivity index (χ2n) is 3.82. The molecule has 18 heavy (non-hydrogen) atoms. The van der Waals surface area contributed by atoms with Crippen LogP contribution >= 0.6 is 0 Å². The van der Waals surface area contributed by atoms with Crippen LogP contribution in [0.4, 0.5) is 8.78 Å². The first kappa shape index (κ1) is 12.2. The van der Waals surface area contributed by atoms with Gasteiger partial charge < -0.3 is 5.32 Å². The van der Waals surface area contributed by atoms with Crippen molar-refractivity contribution >= 4 is 5.91 Å². The lowest BCUT2D eigenvalue weighted by atomic mass is 10.2. The molecule has 94 valence electrons. The van der Waals surface area contributed by atoms with Gasteiger partial charge in [-0.15, -0.1) is 0 Å². The Hall–Kier alpha value is -2.24. The van der Waals surface area contributed by atoms with Gasteiger partial charge in [-0.2, -0.15) is 5.10 Å². The highest BCUT2D eigenvalue weighted by atomic mass is 19.1. The van der Waals surface area contributed by atoms with Crippen molar-refractivity contribution in [2.24, 2.45) is 7.05 Å². The molecule has 0 spiro atoms. The van der Waals surface area contributed by atoms with Gasteiger partial charge in [0.1, 0.15) is 11.6 Å². The molecule has 0 bridgehead atoms. The zero-order valence-corrected chi connectivity index (χ0v) is 9.65. The number of nitrogens with zero attached hydrogens (tertiary/aromatic N) is 2. The summed E-state index contributed by atoms with van der Waals surface area (Å²) in [6, 6.07) is 3.23. The third-order valence-corrected chi connectivity index (χ3v) is 2.42. The number of halogens is 2. The molecule has 4 nitrogen and oxygen atoms in total. The maximum atomic E-state index is 13.3. The van der Waals surface area contributed by atoms with Crippen molar-refractivity contribution in [1.29, 1.82) is 0 Å². The number of carbonyl (C=O) groups is 1. The molecular formula is C12H11F2N3O. The lowest BCUT2D eigenvalue weighted by Crippen LogP contribution is -2.23. The second kappa shape index (κ2) is 4.95. The highest BCUT2D eigenvalue weighted by Crippen LogP contribution is 2.09. The van der Waals surface area contributed by atoms with E-state index in [1.54, 1.807) is 13.2 Å². The number of aromatic nitrogens is 2. The summed E-state index contributed by atoms with van der Waals surface area (Å²) in [6.07, 6.45) is 2.96. The summed E-state index contributed by atoms with van der Waals surface area (Å²) < 4.78 is 27.5. The molecule has 0 aliphatic heterocycles. The minimum absolute atomic E-state index is 0.000158. The van der Waals surface area contributed by atoms with E-state index >= 15 is 0 Å². The number of hydrogen-bond donors (Lipinski definition) is 1. The number of aryl methyl sites for hydroxylation is 1. The van der Waals surface area contributed by atoms with Crippen molar-refractivity contribution in [3.8, 4) is 0 Å². The molecule has 1 amide bonds. The molecule has 0 aliphatic carbocycles. The Bertz CT molecular complexity index is 580. The molecule has 0 saturated heterocycles. The van der Waals surface area contributed by atoms with Crippen LogP contribution in [0.5, 0.6) is 0 Å². The van der Waals surface area contributed by atoms with Gasteiger partial charge in [0.05, 0.1) is 11.8 Å². The molecule has 2 rings (SSSR count). The molecule has 0 saturated carbocycles. The number of amides is 1. The molecule has 0 atom stereocenters. The normalized spacial score (nSPS) is 10.4. The number of carbonyl (C=O) groups excluding carboxylic acids is 1. The van der Waals surface area contributed by atoms with Gasteiger partial charge in [-0.1, -0.05) is 6.07 Å². The van der Waals surface area contributed by atoms with E-state index in [4.69, 9.17) is 0 Å². The zero-order chi connectivity index (χ0) is 13.1. The largest absolute Gasteiger partial charge is 0.348 e. The van der Waals surface area contributed by atoms with Crippen molar-refractivity contribution < 1.29 is 13.6 Å². The van der Waals surface area contributed by atoms with E-state index in [1.807, 2.05) is 0 Å². The fourth-order valence-electron chi connectivity index (χ4n) is 1.48. The van der Waals surface area contributed by atoms with E-state index in [1.165, 1.54) is 16.9 Å². The summed E-state index contributed by atoms with van der Waals surface area (Å²) >= 11 is 0. The Morgan fingerprint density at radius 2 is 2.22 bits per heavy atom. The average molecular weight is 251 g/mol. The predicted octanol–water partition coefficient (Wildman–Crippen LogP) is 1.63. The third kappa shape index (κ3) is 2.71. The van der Waals surface area contributed by atoms with Crippen molar-refractivity contribution in [3.63, 3.8) is 0 Å². The Kier molecular flexibility index (Phi) is 3.36. The summed E-state index contributed by atoms with van der Waals surface area (Å²) in [5.74, 6) is -1.68. The van der Waals surface area contributed by atoms with Crippen LogP contribution in [0.2, 0.25) is 0 Å². The fraction of sp³-hybridized carbons (Fsp3) is 0.167. The molecule has 0 fully saturated rings. The summed E-state index contributed by atoms with van der Waals surface area (Å²) in [5.41, 5.74) is 0.619. The van der Waals surface area contributed by atoms with E-state index in [2.05, 4.69) is 10.4 Å². The molecular weight excluding hydrogens is 240 g/mol. The lowest BCUT2D eigenvalue weighted by molar-refractivity contribution is 0.0950. The van der Waals surface area contributed by atoms with Gasteiger partial charge in [-0.25, -0.2) is 8.78 Å². The number of nitrogens with one attached hydrogen (secondary N) is 1. The Morgan fingerprint density at radius 1 is 1.44 bits per heavy atom. The summed E-state index contributed by atoms with van der Waals surface area (Å²) in [5, 5.41) is 6.39. The Morgan fingerprint density at radius 3 is 2.83 bits per heavy atom. The minimum Gasteiger partial charge on any atom is -0.348 e. The zero-order valence-electron chi connectivity index (χ0n) is 9.65. The van der Waals surface area contributed by atoms with Gasteiger partial charge >= 0.3 is 0 Å². The average Bonchev–Trinajstić information content (AvgIpc) is 2.74. The van der Waals surface area contributed by atoms with E-state index < -0.39 is 11.6 Å². The predicted molar refractivity (Wildman–Crippen MR) is 60.7 cm³/mol. The van der Waals surface area contributed by atoms with Gasteiger partial charge in [-0.3, -0.25) is 9.48 Å². The van der Waals surface area contributed by atoms with Crippen LogP contribution in [0.25, 0.3) is 0 Å². The summed E-state index contributed by atoms with van der Waals surface area (Å²) in [6.45, 7) is -0.000158.